The maximum atomic E-state index is 12.4. The molecule has 0 radical (unpaired) electrons. The molecule has 3 nitrogen and oxygen atoms in total. The number of carboxylic acids is 1. The summed E-state index contributed by atoms with van der Waals surface area (Å²) in [5.74, 6) is -1.28. The molecule has 0 spiro atoms. The summed E-state index contributed by atoms with van der Waals surface area (Å²) in [7, 11) is 0. The number of aliphatic carboxylic acids is 1. The minimum atomic E-state index is -4.42. The third-order valence-corrected chi connectivity index (χ3v) is 3.26. The molecule has 0 atom stereocenters. The first-order valence-electron chi connectivity index (χ1n) is 5.43. The van der Waals surface area contributed by atoms with E-state index in [0.29, 0.717) is 5.56 Å². The second kappa shape index (κ2) is 6.38. The number of carbonyl (C=O) groups is 1. The van der Waals surface area contributed by atoms with Crippen molar-refractivity contribution in [2.75, 3.05) is 13.1 Å². The SMILES string of the molecule is Cc1ccc(CN(CC(=O)O)CC(F)(F)F)cc1Br. The molecule has 1 aromatic rings. The van der Waals surface area contributed by atoms with Crippen molar-refractivity contribution in [1.29, 1.82) is 0 Å². The smallest absolute Gasteiger partial charge is 0.401 e. The van der Waals surface area contributed by atoms with E-state index in [4.69, 9.17) is 5.11 Å². The summed E-state index contributed by atoms with van der Waals surface area (Å²) in [6.07, 6.45) is -4.42. The molecule has 0 bridgehead atoms. The first kappa shape index (κ1) is 16.0. The summed E-state index contributed by atoms with van der Waals surface area (Å²) in [5.41, 5.74) is 1.59. The lowest BCUT2D eigenvalue weighted by Crippen LogP contribution is -2.37. The zero-order chi connectivity index (χ0) is 14.6. The van der Waals surface area contributed by atoms with Crippen molar-refractivity contribution in [2.24, 2.45) is 0 Å². The predicted octanol–water partition coefficient (Wildman–Crippen LogP) is 3.21. The number of rotatable bonds is 5. The van der Waals surface area contributed by atoms with Gasteiger partial charge < -0.3 is 5.11 Å². The lowest BCUT2D eigenvalue weighted by atomic mass is 10.1. The molecule has 7 heteroatoms. The van der Waals surface area contributed by atoms with Crippen molar-refractivity contribution < 1.29 is 23.1 Å². The Morgan fingerprint density at radius 1 is 1.42 bits per heavy atom. The van der Waals surface area contributed by atoms with Gasteiger partial charge in [0, 0.05) is 11.0 Å². The van der Waals surface area contributed by atoms with E-state index in [0.717, 1.165) is 14.9 Å². The van der Waals surface area contributed by atoms with Gasteiger partial charge in [0.05, 0.1) is 13.1 Å². The molecule has 0 aliphatic carbocycles. The first-order valence-corrected chi connectivity index (χ1v) is 6.22. The molecule has 0 aromatic heterocycles. The van der Waals surface area contributed by atoms with Gasteiger partial charge in [0.1, 0.15) is 0 Å². The molecule has 0 amide bonds. The Bertz CT molecular complexity index is 463. The topological polar surface area (TPSA) is 40.5 Å². The van der Waals surface area contributed by atoms with Crippen LogP contribution in [-0.2, 0) is 11.3 Å². The van der Waals surface area contributed by atoms with Crippen LogP contribution in [0.15, 0.2) is 22.7 Å². The molecule has 1 rings (SSSR count). The van der Waals surface area contributed by atoms with E-state index in [1.165, 1.54) is 0 Å². The van der Waals surface area contributed by atoms with Gasteiger partial charge in [-0.1, -0.05) is 28.1 Å². The quantitative estimate of drug-likeness (QED) is 0.895. The Hall–Kier alpha value is -1.08. The van der Waals surface area contributed by atoms with Crippen LogP contribution >= 0.6 is 15.9 Å². The van der Waals surface area contributed by atoms with Crippen LogP contribution in [0.25, 0.3) is 0 Å². The Morgan fingerprint density at radius 3 is 2.53 bits per heavy atom. The Kier molecular flexibility index (Phi) is 5.37. The third kappa shape index (κ3) is 6.07. The molecule has 0 aliphatic heterocycles. The second-order valence-corrected chi connectivity index (χ2v) is 5.09. The molecular formula is C12H13BrF3NO2. The van der Waals surface area contributed by atoms with Gasteiger partial charge in [-0.2, -0.15) is 13.2 Å². The first-order chi connectivity index (χ1) is 8.67. The van der Waals surface area contributed by atoms with Gasteiger partial charge in [-0.15, -0.1) is 0 Å². The molecule has 0 heterocycles. The highest BCUT2D eigenvalue weighted by Gasteiger charge is 2.31. The van der Waals surface area contributed by atoms with Crippen molar-refractivity contribution in [3.8, 4) is 0 Å². The van der Waals surface area contributed by atoms with Crippen LogP contribution in [0.2, 0.25) is 0 Å². The van der Waals surface area contributed by atoms with Crippen LogP contribution in [0.1, 0.15) is 11.1 Å². The monoisotopic (exact) mass is 339 g/mol. The second-order valence-electron chi connectivity index (χ2n) is 4.24. The van der Waals surface area contributed by atoms with Gasteiger partial charge in [0.25, 0.3) is 0 Å². The van der Waals surface area contributed by atoms with Crippen LogP contribution in [0, 0.1) is 6.92 Å². The van der Waals surface area contributed by atoms with Gasteiger partial charge in [-0.25, -0.2) is 0 Å². The lowest BCUT2D eigenvalue weighted by Gasteiger charge is -2.22. The largest absolute Gasteiger partial charge is 0.480 e. The molecular weight excluding hydrogens is 327 g/mol. The van der Waals surface area contributed by atoms with Crippen molar-refractivity contribution >= 4 is 21.9 Å². The predicted molar refractivity (Wildman–Crippen MR) is 67.8 cm³/mol. The van der Waals surface area contributed by atoms with Gasteiger partial charge in [-0.3, -0.25) is 9.69 Å². The van der Waals surface area contributed by atoms with E-state index >= 15 is 0 Å². The molecule has 0 unspecified atom stereocenters. The fourth-order valence-electron chi connectivity index (χ4n) is 1.61. The highest BCUT2D eigenvalue weighted by Crippen LogP contribution is 2.21. The molecule has 106 valence electrons. The number of alkyl halides is 3. The van der Waals surface area contributed by atoms with Crippen LogP contribution in [0.3, 0.4) is 0 Å². The van der Waals surface area contributed by atoms with Crippen molar-refractivity contribution in [2.45, 2.75) is 19.6 Å². The molecule has 1 N–H and O–H groups in total. The fourth-order valence-corrected chi connectivity index (χ4v) is 2.03. The Labute approximate surface area is 117 Å². The minimum absolute atomic E-state index is 0.0648. The molecule has 0 fully saturated rings. The van der Waals surface area contributed by atoms with Crippen LogP contribution < -0.4 is 0 Å². The summed E-state index contributed by atoms with van der Waals surface area (Å²) >= 11 is 3.29. The summed E-state index contributed by atoms with van der Waals surface area (Å²) in [6, 6.07) is 5.15. The summed E-state index contributed by atoms with van der Waals surface area (Å²) in [5, 5.41) is 8.64. The number of hydrogen-bond acceptors (Lipinski definition) is 2. The summed E-state index contributed by atoms with van der Waals surface area (Å²) < 4.78 is 37.9. The van der Waals surface area contributed by atoms with E-state index < -0.39 is 25.2 Å². The molecule has 19 heavy (non-hydrogen) atoms. The summed E-state index contributed by atoms with van der Waals surface area (Å²) in [4.78, 5) is 11.4. The highest BCUT2D eigenvalue weighted by atomic mass is 79.9. The van der Waals surface area contributed by atoms with E-state index in [1.54, 1.807) is 18.2 Å². The van der Waals surface area contributed by atoms with Crippen molar-refractivity contribution in [3.05, 3.63) is 33.8 Å². The van der Waals surface area contributed by atoms with Crippen LogP contribution in [0.5, 0.6) is 0 Å². The zero-order valence-electron chi connectivity index (χ0n) is 10.2. The normalized spacial score (nSPS) is 11.9. The van der Waals surface area contributed by atoms with E-state index in [-0.39, 0.29) is 6.54 Å². The average Bonchev–Trinajstić information content (AvgIpc) is 2.20. The van der Waals surface area contributed by atoms with Gasteiger partial charge in [0.2, 0.25) is 0 Å². The lowest BCUT2D eigenvalue weighted by molar-refractivity contribution is -0.154. The maximum absolute atomic E-state index is 12.4. The van der Waals surface area contributed by atoms with Gasteiger partial charge in [0.15, 0.2) is 0 Å². The molecule has 0 aliphatic rings. The fraction of sp³-hybridized carbons (Fsp3) is 0.417. The number of aryl methyl sites for hydroxylation is 1. The Balaban J connectivity index is 2.81. The van der Waals surface area contributed by atoms with E-state index in [9.17, 15) is 18.0 Å². The summed E-state index contributed by atoms with van der Waals surface area (Å²) in [6.45, 7) is -0.0981. The molecule has 1 aromatic carbocycles. The number of hydrogen-bond donors (Lipinski definition) is 1. The standard InChI is InChI=1S/C12H13BrF3NO2/c1-8-2-3-9(4-10(8)13)5-17(6-11(18)19)7-12(14,15)16/h2-4H,5-7H2,1H3,(H,18,19). The average molecular weight is 340 g/mol. The number of carboxylic acid groups (broad SMARTS) is 1. The Morgan fingerprint density at radius 2 is 2.05 bits per heavy atom. The number of nitrogens with zero attached hydrogens (tertiary/aromatic N) is 1. The van der Waals surface area contributed by atoms with E-state index in [2.05, 4.69) is 15.9 Å². The maximum Gasteiger partial charge on any atom is 0.401 e. The van der Waals surface area contributed by atoms with Gasteiger partial charge >= 0.3 is 12.1 Å². The van der Waals surface area contributed by atoms with Gasteiger partial charge in [-0.05, 0) is 24.1 Å². The van der Waals surface area contributed by atoms with Crippen molar-refractivity contribution in [3.63, 3.8) is 0 Å². The van der Waals surface area contributed by atoms with E-state index in [1.807, 2.05) is 6.92 Å². The zero-order valence-corrected chi connectivity index (χ0v) is 11.8. The highest BCUT2D eigenvalue weighted by molar-refractivity contribution is 9.10. The third-order valence-electron chi connectivity index (χ3n) is 2.40. The molecule has 0 saturated carbocycles. The molecule has 0 saturated heterocycles. The van der Waals surface area contributed by atoms with Crippen molar-refractivity contribution in [1.82, 2.24) is 4.90 Å². The van der Waals surface area contributed by atoms with Crippen LogP contribution in [0.4, 0.5) is 13.2 Å². The number of halogens is 4. The minimum Gasteiger partial charge on any atom is -0.480 e. The van der Waals surface area contributed by atoms with Crippen LogP contribution in [-0.4, -0.2) is 35.2 Å². The number of benzene rings is 1.